The summed E-state index contributed by atoms with van der Waals surface area (Å²) in [5, 5.41) is 34.1. The van der Waals surface area contributed by atoms with Crippen molar-refractivity contribution in [2.45, 2.75) is 40.0 Å². The van der Waals surface area contributed by atoms with Gasteiger partial charge < -0.3 is 14.9 Å². The molecule has 32 heavy (non-hydrogen) atoms. The average molecular weight is 432 g/mol. The summed E-state index contributed by atoms with van der Waals surface area (Å²) in [6, 6.07) is 3.54. The third-order valence-electron chi connectivity index (χ3n) is 6.24. The Morgan fingerprint density at radius 1 is 1.12 bits per heavy atom. The largest absolute Gasteiger partial charge is 0.507 e. The molecule has 1 aromatic carbocycles. The van der Waals surface area contributed by atoms with Gasteiger partial charge in [0.05, 0.1) is 28.2 Å². The molecule has 5 rings (SSSR count). The van der Waals surface area contributed by atoms with Gasteiger partial charge in [0.25, 0.3) is 0 Å². The first kappa shape index (κ1) is 19.9. The molecule has 2 N–H and O–H groups in total. The smallest absolute Gasteiger partial charge is 0.185 e. The van der Waals surface area contributed by atoms with Crippen molar-refractivity contribution in [1.82, 2.24) is 20.0 Å². The summed E-state index contributed by atoms with van der Waals surface area (Å²) in [6.07, 6.45) is 1.66. The van der Waals surface area contributed by atoms with E-state index in [2.05, 4.69) is 15.3 Å². The summed E-state index contributed by atoms with van der Waals surface area (Å²) in [5.41, 5.74) is 0.895. The van der Waals surface area contributed by atoms with Crippen molar-refractivity contribution in [3.8, 4) is 23.1 Å². The third-order valence-corrected chi connectivity index (χ3v) is 6.24. The van der Waals surface area contributed by atoms with Crippen molar-refractivity contribution in [3.05, 3.63) is 57.2 Å². The van der Waals surface area contributed by atoms with Crippen LogP contribution in [0.15, 0.2) is 17.9 Å². The Kier molecular flexibility index (Phi) is 3.89. The summed E-state index contributed by atoms with van der Waals surface area (Å²) in [5.74, 6) is -0.746. The SMILES string of the molecule is CC(=O)c1c(O)c(C)c(O)c2c1OC1=Cc3c(c(C)nn3-c3ccc(C)nn3)C(=O)[C@@]12C. The lowest BCUT2D eigenvalue weighted by Gasteiger charge is -2.27. The number of hydrogen-bond donors (Lipinski definition) is 2. The maximum atomic E-state index is 13.9. The molecule has 0 saturated carbocycles. The number of hydrogen-bond acceptors (Lipinski definition) is 8. The van der Waals surface area contributed by atoms with E-state index in [4.69, 9.17) is 4.74 Å². The van der Waals surface area contributed by atoms with E-state index in [-0.39, 0.29) is 45.5 Å². The lowest BCUT2D eigenvalue weighted by Crippen LogP contribution is -2.36. The Morgan fingerprint density at radius 3 is 2.47 bits per heavy atom. The van der Waals surface area contributed by atoms with Gasteiger partial charge in [-0.05, 0) is 46.8 Å². The molecule has 162 valence electrons. The van der Waals surface area contributed by atoms with E-state index >= 15 is 0 Å². The molecule has 0 spiro atoms. The van der Waals surface area contributed by atoms with Crippen LogP contribution in [0.4, 0.5) is 0 Å². The number of nitrogens with zero attached hydrogens (tertiary/aromatic N) is 4. The van der Waals surface area contributed by atoms with E-state index in [1.54, 1.807) is 32.1 Å². The number of phenols is 2. The minimum absolute atomic E-state index is 0.00218. The fraction of sp³-hybridized carbons (Fsp3) is 0.261. The van der Waals surface area contributed by atoms with E-state index in [1.165, 1.54) is 18.5 Å². The summed E-state index contributed by atoms with van der Waals surface area (Å²) in [4.78, 5) is 26.2. The van der Waals surface area contributed by atoms with Gasteiger partial charge in [-0.1, -0.05) is 0 Å². The zero-order valence-electron chi connectivity index (χ0n) is 18.1. The van der Waals surface area contributed by atoms with Crippen molar-refractivity contribution in [2.75, 3.05) is 0 Å². The molecule has 0 fully saturated rings. The molecule has 1 aliphatic heterocycles. The highest BCUT2D eigenvalue weighted by atomic mass is 16.5. The van der Waals surface area contributed by atoms with Crippen LogP contribution in [-0.2, 0) is 5.41 Å². The molecule has 2 aromatic heterocycles. The van der Waals surface area contributed by atoms with Crippen LogP contribution < -0.4 is 4.74 Å². The molecule has 0 radical (unpaired) electrons. The molecule has 1 atom stereocenters. The molecule has 9 nitrogen and oxygen atoms in total. The Morgan fingerprint density at radius 2 is 1.84 bits per heavy atom. The van der Waals surface area contributed by atoms with E-state index in [0.29, 0.717) is 22.8 Å². The van der Waals surface area contributed by atoms with Crippen molar-refractivity contribution in [3.63, 3.8) is 0 Å². The molecular formula is C23H20N4O5. The minimum Gasteiger partial charge on any atom is -0.507 e. The van der Waals surface area contributed by atoms with Crippen LogP contribution in [0, 0.1) is 20.8 Å². The molecular weight excluding hydrogens is 412 g/mol. The predicted octanol–water partition coefficient (Wildman–Crippen LogP) is 3.09. The highest BCUT2D eigenvalue weighted by Crippen LogP contribution is 2.58. The number of rotatable bonds is 2. The normalized spacial score (nSPS) is 18.5. The fourth-order valence-electron chi connectivity index (χ4n) is 4.47. The van der Waals surface area contributed by atoms with Crippen LogP contribution in [0.1, 0.15) is 62.8 Å². The van der Waals surface area contributed by atoms with E-state index in [9.17, 15) is 19.8 Å². The van der Waals surface area contributed by atoms with Gasteiger partial charge in [-0.2, -0.15) is 10.2 Å². The van der Waals surface area contributed by atoms with Crippen LogP contribution in [-0.4, -0.2) is 41.8 Å². The van der Waals surface area contributed by atoms with Crippen LogP contribution in [0.5, 0.6) is 17.2 Å². The first-order valence-electron chi connectivity index (χ1n) is 10.0. The van der Waals surface area contributed by atoms with Crippen LogP contribution in [0.2, 0.25) is 0 Å². The van der Waals surface area contributed by atoms with E-state index in [0.717, 1.165) is 5.69 Å². The maximum absolute atomic E-state index is 13.9. The quantitative estimate of drug-likeness (QED) is 0.592. The number of ether oxygens (including phenoxy) is 1. The minimum atomic E-state index is -1.38. The van der Waals surface area contributed by atoms with Crippen LogP contribution >= 0.6 is 0 Å². The molecule has 0 saturated heterocycles. The second-order valence-electron chi connectivity index (χ2n) is 8.31. The van der Waals surface area contributed by atoms with Gasteiger partial charge >= 0.3 is 0 Å². The number of allylic oxidation sites excluding steroid dienone is 1. The van der Waals surface area contributed by atoms with Gasteiger partial charge in [-0.15, -0.1) is 5.10 Å². The van der Waals surface area contributed by atoms with Gasteiger partial charge in [-0.3, -0.25) is 9.59 Å². The molecule has 1 aliphatic carbocycles. The third kappa shape index (κ3) is 2.30. The number of fused-ring (bicyclic) bond motifs is 4. The predicted molar refractivity (Wildman–Crippen MR) is 113 cm³/mol. The second kappa shape index (κ2) is 6.25. The topological polar surface area (TPSA) is 127 Å². The Bertz CT molecular complexity index is 1400. The number of phenolic OH excluding ortho intramolecular Hbond substituents is 2. The second-order valence-corrected chi connectivity index (χ2v) is 8.31. The summed E-state index contributed by atoms with van der Waals surface area (Å²) in [6.45, 7) is 7.95. The molecule has 0 amide bonds. The molecule has 3 heterocycles. The van der Waals surface area contributed by atoms with Gasteiger partial charge in [0.1, 0.15) is 34.0 Å². The maximum Gasteiger partial charge on any atom is 0.185 e. The molecule has 3 aromatic rings. The van der Waals surface area contributed by atoms with Gasteiger partial charge in [-0.25, -0.2) is 4.68 Å². The zero-order chi connectivity index (χ0) is 23.1. The first-order chi connectivity index (χ1) is 15.1. The number of carbonyl (C=O) groups excluding carboxylic acids is 2. The summed E-state index contributed by atoms with van der Waals surface area (Å²) >= 11 is 0. The number of aromatic nitrogens is 4. The highest BCUT2D eigenvalue weighted by Gasteiger charge is 2.55. The van der Waals surface area contributed by atoms with E-state index in [1.807, 2.05) is 6.92 Å². The van der Waals surface area contributed by atoms with Gasteiger partial charge in [0.15, 0.2) is 17.4 Å². The lowest BCUT2D eigenvalue weighted by atomic mass is 9.71. The molecule has 0 bridgehead atoms. The van der Waals surface area contributed by atoms with E-state index < -0.39 is 11.2 Å². The average Bonchev–Trinajstić information content (AvgIpc) is 3.22. The summed E-state index contributed by atoms with van der Waals surface area (Å²) in [7, 11) is 0. The Hall–Kier alpha value is -4.01. The number of carbonyl (C=O) groups is 2. The first-order valence-corrected chi connectivity index (χ1v) is 10.0. The van der Waals surface area contributed by atoms with Crippen LogP contribution in [0.3, 0.4) is 0 Å². The number of benzene rings is 1. The number of aromatic hydroxyl groups is 2. The number of ketones is 2. The Labute approximate surface area is 183 Å². The number of Topliss-reactive ketones (excluding diaryl/α,β-unsaturated/α-hetero) is 2. The van der Waals surface area contributed by atoms with Gasteiger partial charge in [0, 0.05) is 11.6 Å². The molecule has 0 unspecified atom stereocenters. The molecule has 2 aliphatic rings. The Balaban J connectivity index is 1.80. The monoisotopic (exact) mass is 432 g/mol. The van der Waals surface area contributed by atoms with Crippen molar-refractivity contribution < 1.29 is 24.5 Å². The fourth-order valence-corrected chi connectivity index (χ4v) is 4.47. The molecule has 9 heteroatoms. The van der Waals surface area contributed by atoms with Crippen molar-refractivity contribution in [1.29, 1.82) is 0 Å². The van der Waals surface area contributed by atoms with Gasteiger partial charge in [0.2, 0.25) is 0 Å². The highest BCUT2D eigenvalue weighted by molar-refractivity contribution is 6.14. The summed E-state index contributed by atoms with van der Waals surface area (Å²) < 4.78 is 7.51. The lowest BCUT2D eigenvalue weighted by molar-refractivity contribution is 0.0905. The number of aryl methyl sites for hydroxylation is 2. The standard InChI is InChI=1S/C23H20N4O5/c1-9-6-7-15(25-24-9)27-13-8-14-23(5,22(31)16(13)11(3)26-27)18-20(30)10(2)19(29)17(12(4)28)21(18)32-14/h6-8,29-30H,1-5H3/t23-/m0/s1. The zero-order valence-corrected chi connectivity index (χ0v) is 18.1. The van der Waals surface area contributed by atoms with Crippen LogP contribution in [0.25, 0.3) is 11.9 Å². The van der Waals surface area contributed by atoms with Crippen molar-refractivity contribution in [2.24, 2.45) is 0 Å². The van der Waals surface area contributed by atoms with Crippen molar-refractivity contribution >= 4 is 17.6 Å².